The standard InChI is InChI=1S/C11H14F3NO/c1-7(15)5-8-3-4-9(11(12,13)14)6-10(8)16-2/h3-4,6-7H,5,15H2,1-2H3. The summed E-state index contributed by atoms with van der Waals surface area (Å²) >= 11 is 0. The minimum absolute atomic E-state index is 0.120. The van der Waals surface area contributed by atoms with Crippen LogP contribution in [0.4, 0.5) is 13.2 Å². The fourth-order valence-corrected chi connectivity index (χ4v) is 1.44. The van der Waals surface area contributed by atoms with Crippen LogP contribution in [0.3, 0.4) is 0 Å². The molecule has 0 aliphatic rings. The molecule has 0 fully saturated rings. The van der Waals surface area contributed by atoms with Gasteiger partial charge in [-0.2, -0.15) is 13.2 Å². The summed E-state index contributed by atoms with van der Waals surface area (Å²) in [6.07, 6.45) is -3.86. The lowest BCUT2D eigenvalue weighted by Crippen LogP contribution is -2.18. The van der Waals surface area contributed by atoms with Crippen molar-refractivity contribution in [2.24, 2.45) is 5.73 Å². The molecule has 1 unspecified atom stereocenters. The Bertz CT molecular complexity index is 361. The number of hydrogen-bond acceptors (Lipinski definition) is 2. The van der Waals surface area contributed by atoms with E-state index in [0.717, 1.165) is 12.1 Å². The fraction of sp³-hybridized carbons (Fsp3) is 0.455. The van der Waals surface area contributed by atoms with Crippen molar-refractivity contribution in [1.82, 2.24) is 0 Å². The first-order chi connectivity index (χ1) is 7.34. The largest absolute Gasteiger partial charge is 0.496 e. The highest BCUT2D eigenvalue weighted by Gasteiger charge is 2.31. The minimum atomic E-state index is -4.35. The van der Waals surface area contributed by atoms with E-state index in [1.54, 1.807) is 6.92 Å². The smallest absolute Gasteiger partial charge is 0.416 e. The number of hydrogen-bond donors (Lipinski definition) is 1. The van der Waals surface area contributed by atoms with Crippen LogP contribution in [0.25, 0.3) is 0 Å². The zero-order chi connectivity index (χ0) is 12.3. The molecule has 0 aliphatic carbocycles. The third-order valence-corrected chi connectivity index (χ3v) is 2.16. The molecule has 16 heavy (non-hydrogen) atoms. The predicted octanol–water partition coefficient (Wildman–Crippen LogP) is 2.60. The predicted molar refractivity (Wildman–Crippen MR) is 55.3 cm³/mol. The van der Waals surface area contributed by atoms with Crippen LogP contribution in [0.2, 0.25) is 0 Å². The Morgan fingerprint density at radius 3 is 2.44 bits per heavy atom. The van der Waals surface area contributed by atoms with Gasteiger partial charge in [0.1, 0.15) is 5.75 Å². The summed E-state index contributed by atoms with van der Waals surface area (Å²) in [5.41, 5.74) is 5.57. The molecule has 1 rings (SSSR count). The molecule has 2 nitrogen and oxygen atoms in total. The van der Waals surface area contributed by atoms with Crippen LogP contribution in [0, 0.1) is 0 Å². The Morgan fingerprint density at radius 1 is 1.38 bits per heavy atom. The minimum Gasteiger partial charge on any atom is -0.496 e. The molecular formula is C11H14F3NO. The van der Waals surface area contributed by atoms with Crippen LogP contribution in [-0.2, 0) is 12.6 Å². The highest BCUT2D eigenvalue weighted by atomic mass is 19.4. The maximum absolute atomic E-state index is 12.4. The van der Waals surface area contributed by atoms with Crippen molar-refractivity contribution in [3.05, 3.63) is 29.3 Å². The average Bonchev–Trinajstić information content (AvgIpc) is 2.15. The van der Waals surface area contributed by atoms with Crippen LogP contribution in [0.15, 0.2) is 18.2 Å². The third kappa shape index (κ3) is 3.13. The van der Waals surface area contributed by atoms with Crippen molar-refractivity contribution in [3.8, 4) is 5.75 Å². The maximum atomic E-state index is 12.4. The lowest BCUT2D eigenvalue weighted by atomic mass is 10.0. The number of methoxy groups -OCH3 is 1. The molecule has 1 aromatic rings. The van der Waals surface area contributed by atoms with Gasteiger partial charge in [-0.1, -0.05) is 6.07 Å². The van der Waals surface area contributed by atoms with Gasteiger partial charge >= 0.3 is 6.18 Å². The Labute approximate surface area is 92.2 Å². The first-order valence-electron chi connectivity index (χ1n) is 4.84. The molecule has 0 aliphatic heterocycles. The second kappa shape index (κ2) is 4.74. The number of ether oxygens (including phenoxy) is 1. The third-order valence-electron chi connectivity index (χ3n) is 2.16. The second-order valence-electron chi connectivity index (χ2n) is 3.71. The Balaban J connectivity index is 3.07. The monoisotopic (exact) mass is 233 g/mol. The molecule has 0 aromatic heterocycles. The van der Waals surface area contributed by atoms with E-state index >= 15 is 0 Å². The fourth-order valence-electron chi connectivity index (χ4n) is 1.44. The number of nitrogens with two attached hydrogens (primary N) is 1. The molecule has 2 N–H and O–H groups in total. The quantitative estimate of drug-likeness (QED) is 0.870. The first-order valence-corrected chi connectivity index (χ1v) is 4.84. The van der Waals surface area contributed by atoms with Crippen LogP contribution in [0.5, 0.6) is 5.75 Å². The maximum Gasteiger partial charge on any atom is 0.416 e. The average molecular weight is 233 g/mol. The summed E-state index contributed by atoms with van der Waals surface area (Å²) in [7, 11) is 1.35. The number of halogens is 3. The van der Waals surface area contributed by atoms with E-state index in [-0.39, 0.29) is 11.8 Å². The van der Waals surface area contributed by atoms with E-state index in [9.17, 15) is 13.2 Å². The summed E-state index contributed by atoms with van der Waals surface area (Å²) in [5.74, 6) is 0.229. The van der Waals surface area contributed by atoms with E-state index < -0.39 is 11.7 Å². The molecule has 0 heterocycles. The van der Waals surface area contributed by atoms with E-state index in [2.05, 4.69) is 0 Å². The molecule has 1 aromatic carbocycles. The zero-order valence-electron chi connectivity index (χ0n) is 9.14. The van der Waals surface area contributed by atoms with E-state index in [4.69, 9.17) is 10.5 Å². The molecule has 0 amide bonds. The van der Waals surface area contributed by atoms with Crippen molar-refractivity contribution in [1.29, 1.82) is 0 Å². The van der Waals surface area contributed by atoms with Gasteiger partial charge in [0, 0.05) is 6.04 Å². The molecule has 0 saturated carbocycles. The van der Waals surface area contributed by atoms with Crippen molar-refractivity contribution in [3.63, 3.8) is 0 Å². The molecule has 90 valence electrons. The summed E-state index contributed by atoms with van der Waals surface area (Å²) in [6, 6.07) is 3.33. The van der Waals surface area contributed by atoms with Crippen LogP contribution < -0.4 is 10.5 Å². The normalized spacial score (nSPS) is 13.6. The van der Waals surface area contributed by atoms with Gasteiger partial charge < -0.3 is 10.5 Å². The second-order valence-corrected chi connectivity index (χ2v) is 3.71. The molecule has 0 radical (unpaired) electrons. The SMILES string of the molecule is COc1cc(C(F)(F)F)ccc1CC(C)N. The molecule has 1 atom stereocenters. The van der Waals surface area contributed by atoms with Gasteiger partial charge in [-0.25, -0.2) is 0 Å². The summed E-state index contributed by atoms with van der Waals surface area (Å²) in [4.78, 5) is 0. The van der Waals surface area contributed by atoms with Crippen molar-refractivity contribution >= 4 is 0 Å². The van der Waals surface area contributed by atoms with Gasteiger partial charge in [0.05, 0.1) is 12.7 Å². The van der Waals surface area contributed by atoms with E-state index in [1.807, 2.05) is 0 Å². The number of alkyl halides is 3. The van der Waals surface area contributed by atoms with Crippen molar-refractivity contribution < 1.29 is 17.9 Å². The van der Waals surface area contributed by atoms with Gasteiger partial charge in [-0.3, -0.25) is 0 Å². The van der Waals surface area contributed by atoms with Gasteiger partial charge in [-0.05, 0) is 31.0 Å². The van der Waals surface area contributed by atoms with Crippen molar-refractivity contribution in [2.45, 2.75) is 25.6 Å². The summed E-state index contributed by atoms with van der Waals surface area (Å²) < 4.78 is 42.2. The van der Waals surface area contributed by atoms with Crippen LogP contribution in [0.1, 0.15) is 18.1 Å². The first kappa shape index (κ1) is 12.8. The number of rotatable bonds is 3. The lowest BCUT2D eigenvalue weighted by molar-refractivity contribution is -0.137. The molecular weight excluding hydrogens is 219 g/mol. The molecule has 0 bridgehead atoms. The van der Waals surface area contributed by atoms with Gasteiger partial charge in [0.15, 0.2) is 0 Å². The summed E-state index contributed by atoms with van der Waals surface area (Å²) in [5, 5.41) is 0. The Kier molecular flexibility index (Phi) is 3.80. The highest BCUT2D eigenvalue weighted by molar-refractivity contribution is 5.39. The highest BCUT2D eigenvalue weighted by Crippen LogP contribution is 2.33. The van der Waals surface area contributed by atoms with Gasteiger partial charge in [-0.15, -0.1) is 0 Å². The zero-order valence-corrected chi connectivity index (χ0v) is 9.14. The number of benzene rings is 1. The molecule has 5 heteroatoms. The lowest BCUT2D eigenvalue weighted by Gasteiger charge is -2.13. The Morgan fingerprint density at radius 2 is 2.00 bits per heavy atom. The van der Waals surface area contributed by atoms with Crippen LogP contribution >= 0.6 is 0 Å². The Hall–Kier alpha value is -1.23. The molecule has 0 spiro atoms. The van der Waals surface area contributed by atoms with E-state index in [0.29, 0.717) is 12.0 Å². The van der Waals surface area contributed by atoms with Gasteiger partial charge in [0.2, 0.25) is 0 Å². The van der Waals surface area contributed by atoms with Crippen molar-refractivity contribution in [2.75, 3.05) is 7.11 Å². The van der Waals surface area contributed by atoms with E-state index in [1.165, 1.54) is 13.2 Å². The topological polar surface area (TPSA) is 35.2 Å². The van der Waals surface area contributed by atoms with Crippen LogP contribution in [-0.4, -0.2) is 13.2 Å². The van der Waals surface area contributed by atoms with Gasteiger partial charge in [0.25, 0.3) is 0 Å². The summed E-state index contributed by atoms with van der Waals surface area (Å²) in [6.45, 7) is 1.79. The molecule has 0 saturated heterocycles.